The van der Waals surface area contributed by atoms with E-state index in [0.29, 0.717) is 18.1 Å². The first-order chi connectivity index (χ1) is 12.5. The first-order valence-corrected chi connectivity index (χ1v) is 9.42. The molecule has 0 aliphatic rings. The maximum absolute atomic E-state index is 12.7. The fraction of sp³-hybridized carbons (Fsp3) is 0.250. The summed E-state index contributed by atoms with van der Waals surface area (Å²) in [6.45, 7) is -0.268. The average molecular weight is 465 g/mol. The zero-order valence-electron chi connectivity index (χ0n) is 13.4. The SMILES string of the molecule is N[C@@H](CF)Cc1sc2c(NCc3ccco3)cc(Cl)nc2c1Br.O=CO. The summed E-state index contributed by atoms with van der Waals surface area (Å²) in [5.41, 5.74) is 7.34. The Hall–Kier alpha value is -1.68. The smallest absolute Gasteiger partial charge is 0.290 e. The highest BCUT2D eigenvalue weighted by Crippen LogP contribution is 2.40. The average Bonchev–Trinajstić information content (AvgIpc) is 3.23. The van der Waals surface area contributed by atoms with Crippen molar-refractivity contribution in [2.45, 2.75) is 19.0 Å². The van der Waals surface area contributed by atoms with Crippen LogP contribution >= 0.6 is 38.9 Å². The number of nitrogens with two attached hydrogens (primary N) is 1. The van der Waals surface area contributed by atoms with E-state index in [9.17, 15) is 4.39 Å². The fourth-order valence-electron chi connectivity index (χ4n) is 2.20. The largest absolute Gasteiger partial charge is 0.483 e. The lowest BCUT2D eigenvalue weighted by Crippen LogP contribution is -2.24. The van der Waals surface area contributed by atoms with Gasteiger partial charge < -0.3 is 20.6 Å². The van der Waals surface area contributed by atoms with E-state index < -0.39 is 12.7 Å². The zero-order valence-corrected chi connectivity index (χ0v) is 16.6. The van der Waals surface area contributed by atoms with Gasteiger partial charge in [-0.15, -0.1) is 11.3 Å². The Labute approximate surface area is 166 Å². The molecule has 10 heteroatoms. The minimum absolute atomic E-state index is 0.250. The van der Waals surface area contributed by atoms with Gasteiger partial charge in [-0.1, -0.05) is 11.6 Å². The Morgan fingerprint density at radius 2 is 2.31 bits per heavy atom. The number of fused-ring (bicyclic) bond motifs is 1. The number of carbonyl (C=O) groups is 1. The number of hydrogen-bond donors (Lipinski definition) is 3. The Morgan fingerprint density at radius 1 is 1.58 bits per heavy atom. The molecule has 0 aromatic carbocycles. The molecule has 3 rings (SSSR count). The summed E-state index contributed by atoms with van der Waals surface area (Å²) in [5.74, 6) is 0.821. The van der Waals surface area contributed by atoms with Crippen molar-refractivity contribution in [3.63, 3.8) is 0 Å². The molecule has 0 spiro atoms. The van der Waals surface area contributed by atoms with Crippen molar-refractivity contribution >= 4 is 61.2 Å². The van der Waals surface area contributed by atoms with Crippen molar-refractivity contribution in [2.75, 3.05) is 12.0 Å². The Bertz CT molecular complexity index is 860. The van der Waals surface area contributed by atoms with E-state index in [4.69, 9.17) is 31.7 Å². The standard InChI is InChI=1S/C15H14BrClFN3OS.CH2O2/c16-13-11(4-8(19)6-18)23-15-10(5-12(17)21-14(13)15)20-7-9-2-1-3-22-9;2-1-3/h1-3,5,8H,4,6-7,19H2,(H,20,21);1H,(H,2,3)/t8-;/m1./s1. The molecule has 1 atom stereocenters. The number of thiophene rings is 1. The summed E-state index contributed by atoms with van der Waals surface area (Å²) in [4.78, 5) is 13.7. The van der Waals surface area contributed by atoms with Gasteiger partial charge in [-0.3, -0.25) is 4.79 Å². The lowest BCUT2D eigenvalue weighted by Gasteiger charge is -2.06. The first-order valence-electron chi connectivity index (χ1n) is 7.43. The zero-order chi connectivity index (χ0) is 19.1. The highest BCUT2D eigenvalue weighted by molar-refractivity contribution is 9.10. The van der Waals surface area contributed by atoms with Crippen LogP contribution in [-0.2, 0) is 17.8 Å². The molecule has 0 unspecified atom stereocenters. The van der Waals surface area contributed by atoms with Crippen LogP contribution in [0, 0.1) is 0 Å². The molecule has 3 aromatic rings. The predicted octanol–water partition coefficient (Wildman–Crippen LogP) is 4.46. The molecular formula is C16H16BrClFN3O3S. The Balaban J connectivity index is 0.000000758. The van der Waals surface area contributed by atoms with Gasteiger partial charge in [0.1, 0.15) is 17.6 Å². The van der Waals surface area contributed by atoms with Gasteiger partial charge in [0.2, 0.25) is 0 Å². The third-order valence-corrected chi connectivity index (χ3v) is 5.84. The van der Waals surface area contributed by atoms with Gasteiger partial charge in [0, 0.05) is 23.4 Å². The van der Waals surface area contributed by atoms with Gasteiger partial charge in [-0.2, -0.15) is 0 Å². The van der Waals surface area contributed by atoms with E-state index in [-0.39, 0.29) is 6.47 Å². The molecule has 0 radical (unpaired) electrons. The van der Waals surface area contributed by atoms with Crippen molar-refractivity contribution in [3.8, 4) is 0 Å². The molecule has 0 saturated heterocycles. The van der Waals surface area contributed by atoms with Crippen LogP contribution in [0.4, 0.5) is 10.1 Å². The molecule has 4 N–H and O–H groups in total. The quantitative estimate of drug-likeness (QED) is 0.368. The number of nitrogens with zero attached hydrogens (tertiary/aromatic N) is 1. The third kappa shape index (κ3) is 5.16. The van der Waals surface area contributed by atoms with Crippen LogP contribution in [-0.4, -0.2) is 29.3 Å². The van der Waals surface area contributed by atoms with Crippen molar-refractivity contribution in [1.29, 1.82) is 0 Å². The van der Waals surface area contributed by atoms with E-state index in [1.807, 2.05) is 12.1 Å². The van der Waals surface area contributed by atoms with Gasteiger partial charge in [0.25, 0.3) is 6.47 Å². The molecule has 0 saturated carbocycles. The monoisotopic (exact) mass is 463 g/mol. The molecule has 26 heavy (non-hydrogen) atoms. The normalized spacial score (nSPS) is 11.7. The van der Waals surface area contributed by atoms with Gasteiger partial charge in [-0.05, 0) is 28.1 Å². The maximum atomic E-state index is 12.7. The second-order valence-corrected chi connectivity index (χ2v) is 7.45. The highest BCUT2D eigenvalue weighted by Gasteiger charge is 2.17. The second-order valence-electron chi connectivity index (χ2n) is 5.17. The summed E-state index contributed by atoms with van der Waals surface area (Å²) < 4.78 is 19.8. The summed E-state index contributed by atoms with van der Waals surface area (Å²) in [5, 5.41) is 10.6. The number of pyridine rings is 1. The number of nitrogens with one attached hydrogen (secondary N) is 1. The highest BCUT2D eigenvalue weighted by atomic mass is 79.9. The van der Waals surface area contributed by atoms with Crippen LogP contribution in [0.5, 0.6) is 0 Å². The van der Waals surface area contributed by atoms with Crippen molar-refractivity contribution in [3.05, 3.63) is 44.7 Å². The van der Waals surface area contributed by atoms with E-state index in [2.05, 4.69) is 26.2 Å². The minimum atomic E-state index is -0.557. The Morgan fingerprint density at radius 3 is 2.92 bits per heavy atom. The van der Waals surface area contributed by atoms with E-state index >= 15 is 0 Å². The molecule has 3 aromatic heterocycles. The number of halogens is 3. The van der Waals surface area contributed by atoms with Gasteiger partial charge in [0.05, 0.1) is 33.2 Å². The van der Waals surface area contributed by atoms with Crippen molar-refractivity contribution < 1.29 is 18.7 Å². The van der Waals surface area contributed by atoms with Crippen LogP contribution in [0.25, 0.3) is 10.2 Å². The number of rotatable bonds is 6. The van der Waals surface area contributed by atoms with E-state index in [1.54, 1.807) is 12.3 Å². The predicted molar refractivity (Wildman–Crippen MR) is 105 cm³/mol. The number of carboxylic acid groups (broad SMARTS) is 1. The van der Waals surface area contributed by atoms with Crippen LogP contribution < -0.4 is 11.1 Å². The van der Waals surface area contributed by atoms with Crippen LogP contribution in [0.15, 0.2) is 33.4 Å². The van der Waals surface area contributed by atoms with Crippen LogP contribution in [0.3, 0.4) is 0 Å². The molecule has 140 valence electrons. The van der Waals surface area contributed by atoms with Crippen molar-refractivity contribution in [1.82, 2.24) is 4.98 Å². The molecule has 0 amide bonds. The molecule has 0 bridgehead atoms. The second kappa shape index (κ2) is 9.86. The molecule has 3 heterocycles. The van der Waals surface area contributed by atoms with E-state index in [1.165, 1.54) is 11.3 Å². The van der Waals surface area contributed by atoms with Crippen LogP contribution in [0.1, 0.15) is 10.6 Å². The number of alkyl halides is 1. The molecular weight excluding hydrogens is 449 g/mol. The third-order valence-electron chi connectivity index (χ3n) is 3.30. The summed E-state index contributed by atoms with van der Waals surface area (Å²) in [6.07, 6.45) is 2.08. The van der Waals surface area contributed by atoms with E-state index in [0.717, 1.165) is 31.0 Å². The molecule has 0 fully saturated rings. The Kier molecular flexibility index (Phi) is 7.83. The number of furan rings is 1. The first kappa shape index (κ1) is 20.6. The minimum Gasteiger partial charge on any atom is -0.483 e. The number of anilines is 1. The molecule has 0 aliphatic heterocycles. The lowest BCUT2D eigenvalue weighted by atomic mass is 10.2. The van der Waals surface area contributed by atoms with Gasteiger partial charge >= 0.3 is 0 Å². The molecule has 0 aliphatic carbocycles. The summed E-state index contributed by atoms with van der Waals surface area (Å²) in [6, 6.07) is 4.98. The fourth-order valence-corrected chi connectivity index (χ4v) is 4.44. The molecule has 6 nitrogen and oxygen atoms in total. The van der Waals surface area contributed by atoms with Gasteiger partial charge in [0.15, 0.2) is 0 Å². The van der Waals surface area contributed by atoms with Crippen LogP contribution in [0.2, 0.25) is 5.15 Å². The summed E-state index contributed by atoms with van der Waals surface area (Å²) >= 11 is 11.2. The topological polar surface area (TPSA) is 101 Å². The summed E-state index contributed by atoms with van der Waals surface area (Å²) in [7, 11) is 0. The van der Waals surface area contributed by atoms with Gasteiger partial charge in [-0.25, -0.2) is 9.37 Å². The number of hydrogen-bond acceptors (Lipinski definition) is 6. The maximum Gasteiger partial charge on any atom is 0.290 e. The number of aromatic nitrogens is 1. The van der Waals surface area contributed by atoms with Crippen molar-refractivity contribution in [2.24, 2.45) is 5.73 Å². The lowest BCUT2D eigenvalue weighted by molar-refractivity contribution is -0.122.